The van der Waals surface area contributed by atoms with Gasteiger partial charge in [-0.3, -0.25) is 4.79 Å². The molecule has 4 aromatic rings. The number of nitrogens with one attached hydrogen (secondary N) is 1. The molecule has 0 saturated heterocycles. The van der Waals surface area contributed by atoms with Crippen molar-refractivity contribution in [3.05, 3.63) is 72.2 Å². The summed E-state index contributed by atoms with van der Waals surface area (Å²) in [7, 11) is 0. The van der Waals surface area contributed by atoms with Crippen molar-refractivity contribution in [2.45, 2.75) is 6.92 Å². The van der Waals surface area contributed by atoms with E-state index in [0.717, 1.165) is 27.1 Å². The van der Waals surface area contributed by atoms with Crippen LogP contribution in [0.5, 0.6) is 5.95 Å². The van der Waals surface area contributed by atoms with Gasteiger partial charge in [0.15, 0.2) is 0 Å². The summed E-state index contributed by atoms with van der Waals surface area (Å²) in [6, 6.07) is 18.3. The highest BCUT2D eigenvalue weighted by atomic mass is 16.6. The molecule has 0 radical (unpaired) electrons. The van der Waals surface area contributed by atoms with Crippen molar-refractivity contribution in [2.75, 3.05) is 6.61 Å². The Morgan fingerprint density at radius 1 is 1.15 bits per heavy atom. The van der Waals surface area contributed by atoms with Crippen molar-refractivity contribution < 1.29 is 13.9 Å². The maximum absolute atomic E-state index is 12.1. The van der Waals surface area contributed by atoms with Gasteiger partial charge in [-0.15, -0.1) is 0 Å². The number of amides is 1. The normalized spacial score (nSPS) is 11.3. The van der Waals surface area contributed by atoms with E-state index < -0.39 is 5.91 Å². The number of ether oxygens (including phenoxy) is 1. The van der Waals surface area contributed by atoms with E-state index in [1.165, 1.54) is 6.20 Å². The van der Waals surface area contributed by atoms with Gasteiger partial charge >= 0.3 is 11.9 Å². The van der Waals surface area contributed by atoms with Crippen LogP contribution in [-0.2, 0) is 0 Å². The second kappa shape index (κ2) is 7.29. The van der Waals surface area contributed by atoms with E-state index >= 15 is 0 Å². The Morgan fingerprint density at radius 2 is 1.81 bits per heavy atom. The molecule has 0 fully saturated rings. The zero-order chi connectivity index (χ0) is 18.6. The molecule has 6 nitrogen and oxygen atoms in total. The fraction of sp³-hybridized carbons (Fsp3) is 0.0952. The minimum atomic E-state index is -0.540. The number of nitrogens with zero attached hydrogens (tertiary/aromatic N) is 2. The van der Waals surface area contributed by atoms with E-state index in [-0.39, 0.29) is 11.8 Å². The number of benzene rings is 3. The molecule has 6 heteroatoms. The lowest BCUT2D eigenvalue weighted by Crippen LogP contribution is -2.17. The third kappa shape index (κ3) is 3.37. The number of rotatable bonds is 5. The number of hydrogen-bond donors (Lipinski definition) is 1. The van der Waals surface area contributed by atoms with E-state index in [9.17, 15) is 4.79 Å². The van der Waals surface area contributed by atoms with Crippen molar-refractivity contribution in [2.24, 2.45) is 5.10 Å². The third-order valence-electron chi connectivity index (χ3n) is 4.14. The minimum absolute atomic E-state index is 0.0987. The van der Waals surface area contributed by atoms with Crippen LogP contribution >= 0.6 is 0 Å². The van der Waals surface area contributed by atoms with Crippen LogP contribution in [0, 0.1) is 0 Å². The zero-order valence-electron chi connectivity index (χ0n) is 14.7. The van der Waals surface area contributed by atoms with E-state index in [2.05, 4.69) is 33.7 Å². The van der Waals surface area contributed by atoms with Crippen molar-refractivity contribution in [3.8, 4) is 5.95 Å². The van der Waals surface area contributed by atoms with Crippen LogP contribution in [0.2, 0.25) is 0 Å². The van der Waals surface area contributed by atoms with Gasteiger partial charge in [0.25, 0.3) is 5.89 Å². The van der Waals surface area contributed by atoms with Crippen LogP contribution in [-0.4, -0.2) is 23.7 Å². The smallest absolute Gasteiger partial charge is 0.327 e. The summed E-state index contributed by atoms with van der Waals surface area (Å²) in [5, 5.41) is 8.45. The predicted octanol–water partition coefficient (Wildman–Crippen LogP) is 4.14. The monoisotopic (exact) mass is 359 g/mol. The first-order chi connectivity index (χ1) is 13.3. The maximum Gasteiger partial charge on any atom is 0.327 e. The maximum atomic E-state index is 12.1. The fourth-order valence-corrected chi connectivity index (χ4v) is 2.96. The highest BCUT2D eigenvalue weighted by molar-refractivity contribution is 6.13. The van der Waals surface area contributed by atoms with Crippen molar-refractivity contribution in [1.82, 2.24) is 10.4 Å². The summed E-state index contributed by atoms with van der Waals surface area (Å²) < 4.78 is 10.4. The summed E-state index contributed by atoms with van der Waals surface area (Å²) in [5.74, 6) is -0.438. The molecular weight excluding hydrogens is 342 g/mol. The largest absolute Gasteiger partial charge is 0.464 e. The van der Waals surface area contributed by atoms with Crippen molar-refractivity contribution in [1.29, 1.82) is 0 Å². The van der Waals surface area contributed by atoms with Crippen molar-refractivity contribution >= 4 is 33.7 Å². The lowest BCUT2D eigenvalue weighted by molar-refractivity contribution is 0.0912. The minimum Gasteiger partial charge on any atom is -0.464 e. The molecule has 0 aliphatic rings. The Balaban J connectivity index is 1.64. The number of hydrogen-bond acceptors (Lipinski definition) is 5. The molecule has 1 N–H and O–H groups in total. The molecule has 0 saturated carbocycles. The Bertz CT molecular complexity index is 1090. The molecular formula is C21H17N3O3. The molecule has 0 bridgehead atoms. The van der Waals surface area contributed by atoms with E-state index in [1.54, 1.807) is 6.21 Å². The average molecular weight is 359 g/mol. The Morgan fingerprint density at radius 3 is 2.48 bits per heavy atom. The van der Waals surface area contributed by atoms with Gasteiger partial charge < -0.3 is 9.15 Å². The Kier molecular flexibility index (Phi) is 4.53. The Hall–Kier alpha value is -3.67. The predicted molar refractivity (Wildman–Crippen MR) is 104 cm³/mol. The van der Waals surface area contributed by atoms with Crippen LogP contribution in [0.15, 0.2) is 70.3 Å². The standard InChI is InChI=1S/C21H17N3O3/c1-2-26-19-13-22-21(27-19)20(25)24-23-12-18-16-9-5-3-7-14(16)11-15-8-4-6-10-17(15)18/h3-13H,2H2,1H3,(H,24,25)/b23-12+. The van der Waals surface area contributed by atoms with Gasteiger partial charge in [0, 0.05) is 5.56 Å². The molecule has 27 heavy (non-hydrogen) atoms. The molecule has 0 atom stereocenters. The van der Waals surface area contributed by atoms with Gasteiger partial charge in [-0.1, -0.05) is 48.5 Å². The van der Waals surface area contributed by atoms with Gasteiger partial charge in [0.1, 0.15) is 6.20 Å². The van der Waals surface area contributed by atoms with Crippen LogP contribution in [0.3, 0.4) is 0 Å². The first-order valence-corrected chi connectivity index (χ1v) is 8.59. The second-order valence-corrected chi connectivity index (χ2v) is 5.85. The van der Waals surface area contributed by atoms with Gasteiger partial charge in [0.05, 0.1) is 12.8 Å². The van der Waals surface area contributed by atoms with Gasteiger partial charge in [-0.2, -0.15) is 5.10 Å². The summed E-state index contributed by atoms with van der Waals surface area (Å²) in [6.07, 6.45) is 3.01. The first kappa shape index (κ1) is 16.8. The lowest BCUT2D eigenvalue weighted by Gasteiger charge is -2.07. The summed E-state index contributed by atoms with van der Waals surface area (Å²) in [6.45, 7) is 2.25. The number of aromatic nitrogens is 1. The van der Waals surface area contributed by atoms with Crippen LogP contribution in [0.4, 0.5) is 0 Å². The topological polar surface area (TPSA) is 76.7 Å². The molecule has 1 aromatic heterocycles. The van der Waals surface area contributed by atoms with Crippen LogP contribution in [0.25, 0.3) is 21.5 Å². The molecule has 0 unspecified atom stereocenters. The summed E-state index contributed by atoms with van der Waals surface area (Å²) in [4.78, 5) is 16.0. The molecule has 134 valence electrons. The average Bonchev–Trinajstić information content (AvgIpc) is 3.16. The van der Waals surface area contributed by atoms with E-state index in [4.69, 9.17) is 9.15 Å². The molecule has 0 aliphatic heterocycles. The first-order valence-electron chi connectivity index (χ1n) is 8.59. The molecule has 1 amide bonds. The lowest BCUT2D eigenvalue weighted by atomic mass is 9.97. The molecule has 4 rings (SSSR count). The quantitative estimate of drug-likeness (QED) is 0.330. The molecule has 3 aromatic carbocycles. The summed E-state index contributed by atoms with van der Waals surface area (Å²) in [5.41, 5.74) is 3.39. The van der Waals surface area contributed by atoms with Gasteiger partial charge in [-0.05, 0) is 34.5 Å². The van der Waals surface area contributed by atoms with Crippen LogP contribution < -0.4 is 10.2 Å². The number of carbonyl (C=O) groups is 1. The molecule has 0 spiro atoms. The number of carbonyl (C=O) groups excluding carboxylic acids is 1. The van der Waals surface area contributed by atoms with Gasteiger partial charge in [0.2, 0.25) is 0 Å². The molecule has 0 aliphatic carbocycles. The number of fused-ring (bicyclic) bond motifs is 2. The Labute approximate surface area is 155 Å². The SMILES string of the molecule is CCOc1cnc(C(=O)N/N=C/c2c3ccccc3cc3ccccc23)o1. The zero-order valence-corrected chi connectivity index (χ0v) is 14.7. The van der Waals surface area contributed by atoms with Crippen LogP contribution in [0.1, 0.15) is 23.2 Å². The van der Waals surface area contributed by atoms with Crippen molar-refractivity contribution in [3.63, 3.8) is 0 Å². The highest BCUT2D eigenvalue weighted by Gasteiger charge is 2.13. The highest BCUT2D eigenvalue weighted by Crippen LogP contribution is 2.27. The van der Waals surface area contributed by atoms with E-state index in [0.29, 0.717) is 6.61 Å². The fourth-order valence-electron chi connectivity index (χ4n) is 2.96. The van der Waals surface area contributed by atoms with E-state index in [1.807, 2.05) is 43.3 Å². The summed E-state index contributed by atoms with van der Waals surface area (Å²) >= 11 is 0. The number of oxazole rings is 1. The third-order valence-corrected chi connectivity index (χ3v) is 4.14. The second-order valence-electron chi connectivity index (χ2n) is 5.85. The van der Waals surface area contributed by atoms with Gasteiger partial charge in [-0.25, -0.2) is 10.4 Å². The number of hydrazone groups is 1. The molecule has 1 heterocycles.